The minimum atomic E-state index is -0.446. The molecule has 0 aliphatic heterocycles. The van der Waals surface area contributed by atoms with Gasteiger partial charge in [0.15, 0.2) is 5.82 Å². The van der Waals surface area contributed by atoms with Gasteiger partial charge in [-0.2, -0.15) is 0 Å². The number of nitrogens with zero attached hydrogens (tertiary/aromatic N) is 3. The van der Waals surface area contributed by atoms with Crippen molar-refractivity contribution in [2.75, 3.05) is 12.8 Å². The molecular weight excluding hydrogens is 256 g/mol. The lowest BCUT2D eigenvalue weighted by Crippen LogP contribution is -2.13. The summed E-state index contributed by atoms with van der Waals surface area (Å²) in [5, 5.41) is 0. The van der Waals surface area contributed by atoms with Crippen LogP contribution in [0.2, 0.25) is 0 Å². The van der Waals surface area contributed by atoms with Crippen molar-refractivity contribution in [1.29, 1.82) is 0 Å². The Morgan fingerprint density at radius 3 is 2.95 bits per heavy atom. The molecule has 1 aliphatic rings. The largest absolute Gasteiger partial charge is 0.465 e. The molecule has 2 N–H and O–H groups in total. The zero-order valence-electron chi connectivity index (χ0n) is 11.3. The van der Waals surface area contributed by atoms with Crippen molar-refractivity contribution in [3.05, 3.63) is 35.5 Å². The van der Waals surface area contributed by atoms with Gasteiger partial charge in [-0.1, -0.05) is 0 Å². The fraction of sp³-hybridized carbons (Fsp3) is 0.357. The maximum atomic E-state index is 11.9. The zero-order chi connectivity index (χ0) is 14.1. The van der Waals surface area contributed by atoms with Gasteiger partial charge in [-0.05, 0) is 31.7 Å². The van der Waals surface area contributed by atoms with Crippen LogP contribution in [0.3, 0.4) is 0 Å². The lowest BCUT2D eigenvalue weighted by atomic mass is 10.0. The fourth-order valence-corrected chi connectivity index (χ4v) is 2.58. The molecule has 0 fully saturated rings. The summed E-state index contributed by atoms with van der Waals surface area (Å²) in [6, 6.07) is 1.59. The molecule has 1 aliphatic carbocycles. The number of imidazole rings is 1. The number of aromatic nitrogens is 3. The van der Waals surface area contributed by atoms with Crippen LogP contribution in [0, 0.1) is 0 Å². The number of carbonyl (C=O) groups excluding carboxylic acids is 1. The van der Waals surface area contributed by atoms with E-state index in [4.69, 9.17) is 10.5 Å². The quantitative estimate of drug-likeness (QED) is 0.838. The molecule has 0 saturated carbocycles. The Kier molecular flexibility index (Phi) is 3.14. The monoisotopic (exact) mass is 272 g/mol. The molecule has 6 heteroatoms. The third-order valence-electron chi connectivity index (χ3n) is 3.55. The zero-order valence-corrected chi connectivity index (χ0v) is 11.3. The van der Waals surface area contributed by atoms with E-state index in [1.807, 2.05) is 4.57 Å². The molecule has 3 rings (SSSR count). The standard InChI is InChI=1S/C14H16N4O2/c1-20-14(19)10-6-9(15)7-16-13(10)18-8-17-11-4-2-3-5-12(11)18/h6-8H,2-5,15H2,1H3. The number of methoxy groups -OCH3 is 1. The Balaban J connectivity index is 2.14. The molecule has 0 amide bonds. The predicted molar refractivity (Wildman–Crippen MR) is 73.8 cm³/mol. The first-order chi connectivity index (χ1) is 9.70. The molecule has 0 saturated heterocycles. The molecule has 0 unspecified atom stereocenters. The molecule has 2 aromatic rings. The van der Waals surface area contributed by atoms with E-state index in [9.17, 15) is 4.79 Å². The van der Waals surface area contributed by atoms with Crippen molar-refractivity contribution in [1.82, 2.24) is 14.5 Å². The summed E-state index contributed by atoms with van der Waals surface area (Å²) in [6.07, 6.45) is 7.47. The van der Waals surface area contributed by atoms with Crippen LogP contribution in [0.5, 0.6) is 0 Å². The van der Waals surface area contributed by atoms with Crippen molar-refractivity contribution in [2.24, 2.45) is 0 Å². The van der Waals surface area contributed by atoms with Crippen LogP contribution in [0.15, 0.2) is 18.6 Å². The number of nitrogens with two attached hydrogens (primary N) is 1. The van der Waals surface area contributed by atoms with E-state index < -0.39 is 5.97 Å². The Bertz CT molecular complexity index is 663. The molecule has 0 aromatic carbocycles. The third-order valence-corrected chi connectivity index (χ3v) is 3.55. The van der Waals surface area contributed by atoms with Gasteiger partial charge >= 0.3 is 5.97 Å². The summed E-state index contributed by atoms with van der Waals surface area (Å²) < 4.78 is 6.68. The van der Waals surface area contributed by atoms with Gasteiger partial charge in [-0.3, -0.25) is 4.57 Å². The summed E-state index contributed by atoms with van der Waals surface area (Å²) in [6.45, 7) is 0. The SMILES string of the molecule is COC(=O)c1cc(N)cnc1-n1cnc2c1CCCC2. The first kappa shape index (κ1) is 12.7. The van der Waals surface area contributed by atoms with Gasteiger partial charge in [-0.15, -0.1) is 0 Å². The second-order valence-corrected chi connectivity index (χ2v) is 4.85. The lowest BCUT2D eigenvalue weighted by Gasteiger charge is -2.15. The van der Waals surface area contributed by atoms with Gasteiger partial charge in [0.25, 0.3) is 0 Å². The summed E-state index contributed by atoms with van der Waals surface area (Å²) in [5.41, 5.74) is 8.72. The molecule has 0 spiro atoms. The number of hydrogen-bond acceptors (Lipinski definition) is 5. The average molecular weight is 272 g/mol. The number of fused-ring (bicyclic) bond motifs is 1. The topological polar surface area (TPSA) is 83.0 Å². The van der Waals surface area contributed by atoms with Crippen molar-refractivity contribution in [3.63, 3.8) is 0 Å². The third kappa shape index (κ3) is 2.03. The number of anilines is 1. The summed E-state index contributed by atoms with van der Waals surface area (Å²) in [7, 11) is 1.35. The van der Waals surface area contributed by atoms with E-state index >= 15 is 0 Å². The molecule has 2 aromatic heterocycles. The van der Waals surface area contributed by atoms with Crippen LogP contribution >= 0.6 is 0 Å². The number of hydrogen-bond donors (Lipinski definition) is 1. The van der Waals surface area contributed by atoms with Crippen molar-refractivity contribution in [3.8, 4) is 5.82 Å². The summed E-state index contributed by atoms with van der Waals surface area (Å²) in [5.74, 6) is 0.0831. The number of esters is 1. The Labute approximate surface area is 116 Å². The smallest absolute Gasteiger partial charge is 0.341 e. The highest BCUT2D eigenvalue weighted by Crippen LogP contribution is 2.24. The fourth-order valence-electron chi connectivity index (χ4n) is 2.58. The van der Waals surface area contributed by atoms with Gasteiger partial charge in [-0.25, -0.2) is 14.8 Å². The van der Waals surface area contributed by atoms with Crippen LogP contribution in [0.25, 0.3) is 5.82 Å². The van der Waals surface area contributed by atoms with Crippen LogP contribution in [0.4, 0.5) is 5.69 Å². The Morgan fingerprint density at radius 2 is 2.15 bits per heavy atom. The second kappa shape index (κ2) is 4.96. The molecule has 20 heavy (non-hydrogen) atoms. The maximum Gasteiger partial charge on any atom is 0.341 e. The first-order valence-electron chi connectivity index (χ1n) is 6.60. The number of carbonyl (C=O) groups is 1. The van der Waals surface area contributed by atoms with Crippen molar-refractivity contribution < 1.29 is 9.53 Å². The highest BCUT2D eigenvalue weighted by molar-refractivity contribution is 5.93. The molecule has 0 atom stereocenters. The highest BCUT2D eigenvalue weighted by atomic mass is 16.5. The Hall–Kier alpha value is -2.37. The van der Waals surface area contributed by atoms with E-state index in [1.54, 1.807) is 12.4 Å². The number of aryl methyl sites for hydroxylation is 1. The van der Waals surface area contributed by atoms with Crippen LogP contribution in [-0.4, -0.2) is 27.6 Å². The number of ether oxygens (including phenoxy) is 1. The molecule has 2 heterocycles. The average Bonchev–Trinajstić information content (AvgIpc) is 2.90. The minimum absolute atomic E-state index is 0.360. The first-order valence-corrected chi connectivity index (χ1v) is 6.60. The number of rotatable bonds is 2. The molecule has 0 bridgehead atoms. The van der Waals surface area contributed by atoms with Crippen LogP contribution in [-0.2, 0) is 17.6 Å². The van der Waals surface area contributed by atoms with E-state index in [1.165, 1.54) is 13.3 Å². The van der Waals surface area contributed by atoms with Crippen molar-refractivity contribution in [2.45, 2.75) is 25.7 Å². The highest BCUT2D eigenvalue weighted by Gasteiger charge is 2.21. The van der Waals surface area contributed by atoms with Crippen LogP contribution < -0.4 is 5.73 Å². The van der Waals surface area contributed by atoms with E-state index in [-0.39, 0.29) is 0 Å². The van der Waals surface area contributed by atoms with Gasteiger partial charge in [0.05, 0.1) is 24.7 Å². The van der Waals surface area contributed by atoms with Gasteiger partial charge in [0, 0.05) is 5.69 Å². The second-order valence-electron chi connectivity index (χ2n) is 4.85. The van der Waals surface area contributed by atoms with E-state index in [0.717, 1.165) is 37.1 Å². The molecule has 6 nitrogen and oxygen atoms in total. The summed E-state index contributed by atoms with van der Waals surface area (Å²) >= 11 is 0. The molecule has 0 radical (unpaired) electrons. The van der Waals surface area contributed by atoms with Gasteiger partial charge < -0.3 is 10.5 Å². The van der Waals surface area contributed by atoms with Gasteiger partial charge in [0.2, 0.25) is 0 Å². The normalized spacial score (nSPS) is 13.8. The Morgan fingerprint density at radius 1 is 1.35 bits per heavy atom. The molecule has 104 valence electrons. The van der Waals surface area contributed by atoms with Gasteiger partial charge in [0.1, 0.15) is 11.9 Å². The van der Waals surface area contributed by atoms with Crippen LogP contribution in [0.1, 0.15) is 34.6 Å². The molecular formula is C14H16N4O2. The predicted octanol–water partition coefficient (Wildman–Crippen LogP) is 1.51. The maximum absolute atomic E-state index is 11.9. The number of pyridine rings is 1. The minimum Gasteiger partial charge on any atom is -0.465 e. The summed E-state index contributed by atoms with van der Waals surface area (Å²) in [4.78, 5) is 20.6. The lowest BCUT2D eigenvalue weighted by molar-refractivity contribution is 0.0600. The van der Waals surface area contributed by atoms with Crippen molar-refractivity contribution >= 4 is 11.7 Å². The van der Waals surface area contributed by atoms with E-state index in [0.29, 0.717) is 17.1 Å². The van der Waals surface area contributed by atoms with E-state index in [2.05, 4.69) is 9.97 Å². The number of nitrogen functional groups attached to an aromatic ring is 1.